The molecule has 0 rings (SSSR count). The van der Waals surface area contributed by atoms with Crippen molar-refractivity contribution in [3.63, 3.8) is 0 Å². The molecular weight excluding hydrogens is 174 g/mol. The molecule has 0 aliphatic heterocycles. The van der Waals surface area contributed by atoms with Crippen molar-refractivity contribution in [2.75, 3.05) is 7.11 Å². The van der Waals surface area contributed by atoms with Crippen molar-refractivity contribution < 1.29 is 4.74 Å². The molecule has 0 fully saturated rings. The van der Waals surface area contributed by atoms with E-state index in [1.165, 1.54) is 25.7 Å². The molecule has 12 heavy (non-hydrogen) atoms. The predicted molar refractivity (Wildman–Crippen MR) is 55.4 cm³/mol. The molecule has 0 saturated carbocycles. The third kappa shape index (κ3) is 9.76. The van der Waals surface area contributed by atoms with Gasteiger partial charge in [0, 0.05) is 6.42 Å². The number of rotatable bonds is 6. The molecule has 0 unspecified atom stereocenters. The van der Waals surface area contributed by atoms with Gasteiger partial charge in [-0.1, -0.05) is 32.6 Å². The first-order valence-corrected chi connectivity index (χ1v) is 4.42. The summed E-state index contributed by atoms with van der Waals surface area (Å²) in [7, 11) is 1.56. The second-order valence-electron chi connectivity index (χ2n) is 2.79. The first-order chi connectivity index (χ1) is 5.31. The number of unbranched alkanes of at least 4 members (excludes halogenated alkanes) is 4. The van der Waals surface area contributed by atoms with E-state index in [0.29, 0.717) is 5.90 Å². The third-order valence-electron chi connectivity index (χ3n) is 1.75. The highest BCUT2D eigenvalue weighted by Crippen LogP contribution is 2.05. The Kier molecular flexibility index (Phi) is 12.8. The van der Waals surface area contributed by atoms with Gasteiger partial charge in [0.2, 0.25) is 0 Å². The summed E-state index contributed by atoms with van der Waals surface area (Å²) in [5, 5.41) is 7.20. The van der Waals surface area contributed by atoms with Crippen LogP contribution in [0.4, 0.5) is 0 Å². The van der Waals surface area contributed by atoms with Gasteiger partial charge in [0.25, 0.3) is 0 Å². The molecule has 0 aromatic heterocycles. The van der Waals surface area contributed by atoms with Gasteiger partial charge in [-0.15, -0.1) is 12.4 Å². The molecule has 0 spiro atoms. The van der Waals surface area contributed by atoms with E-state index in [1.807, 2.05) is 0 Å². The van der Waals surface area contributed by atoms with E-state index in [-0.39, 0.29) is 12.4 Å². The number of hydrogen-bond donors (Lipinski definition) is 1. The van der Waals surface area contributed by atoms with Gasteiger partial charge in [-0.05, 0) is 6.42 Å². The van der Waals surface area contributed by atoms with Crippen LogP contribution in [0.2, 0.25) is 0 Å². The molecule has 74 valence electrons. The summed E-state index contributed by atoms with van der Waals surface area (Å²) in [6.45, 7) is 2.21. The second kappa shape index (κ2) is 10.8. The summed E-state index contributed by atoms with van der Waals surface area (Å²) < 4.78 is 4.74. The Bertz CT molecular complexity index is 107. The molecule has 0 radical (unpaired) electrons. The average Bonchev–Trinajstić information content (AvgIpc) is 2.04. The Balaban J connectivity index is 0. The molecule has 0 amide bonds. The van der Waals surface area contributed by atoms with Crippen molar-refractivity contribution in [2.24, 2.45) is 0 Å². The van der Waals surface area contributed by atoms with E-state index in [1.54, 1.807) is 7.11 Å². The lowest BCUT2D eigenvalue weighted by atomic mass is 10.1. The summed E-state index contributed by atoms with van der Waals surface area (Å²) in [6, 6.07) is 0. The Hall–Kier alpha value is -0.240. The van der Waals surface area contributed by atoms with Crippen molar-refractivity contribution >= 4 is 18.3 Å². The quantitative estimate of drug-likeness (QED) is 0.392. The normalized spacial score (nSPS) is 8.83. The summed E-state index contributed by atoms with van der Waals surface area (Å²) in [4.78, 5) is 0. The largest absolute Gasteiger partial charge is 0.484 e. The van der Waals surface area contributed by atoms with Crippen LogP contribution in [-0.4, -0.2) is 13.0 Å². The number of halogens is 1. The minimum atomic E-state index is 0. The lowest BCUT2D eigenvalue weighted by molar-refractivity contribution is 0.383. The van der Waals surface area contributed by atoms with E-state index in [2.05, 4.69) is 6.92 Å². The fourth-order valence-corrected chi connectivity index (χ4v) is 0.991. The molecule has 1 N–H and O–H groups in total. The molecular formula is C9H20ClNO. The van der Waals surface area contributed by atoms with Gasteiger partial charge in [0.15, 0.2) is 5.90 Å². The van der Waals surface area contributed by atoms with Gasteiger partial charge in [-0.2, -0.15) is 0 Å². The van der Waals surface area contributed by atoms with Crippen molar-refractivity contribution in [3.05, 3.63) is 0 Å². The van der Waals surface area contributed by atoms with Gasteiger partial charge in [-0.25, -0.2) is 0 Å². The van der Waals surface area contributed by atoms with Crippen LogP contribution in [0.15, 0.2) is 0 Å². The highest BCUT2D eigenvalue weighted by Gasteiger charge is 1.94. The first-order valence-electron chi connectivity index (χ1n) is 4.42. The summed E-state index contributed by atoms with van der Waals surface area (Å²) in [5.74, 6) is 0.418. The van der Waals surface area contributed by atoms with Crippen LogP contribution in [0.25, 0.3) is 0 Å². The average molecular weight is 194 g/mol. The number of nitrogens with one attached hydrogen (secondary N) is 1. The second-order valence-corrected chi connectivity index (χ2v) is 2.79. The predicted octanol–water partition coefficient (Wildman–Crippen LogP) is 3.39. The highest BCUT2D eigenvalue weighted by atomic mass is 35.5. The summed E-state index contributed by atoms with van der Waals surface area (Å²) in [6.07, 6.45) is 7.04. The number of ether oxygens (including phenoxy) is 1. The Labute approximate surface area is 81.6 Å². The topological polar surface area (TPSA) is 33.1 Å². The first kappa shape index (κ1) is 14.3. The van der Waals surface area contributed by atoms with Gasteiger partial charge < -0.3 is 4.74 Å². The lowest BCUT2D eigenvalue weighted by Crippen LogP contribution is -1.97. The zero-order chi connectivity index (χ0) is 8.53. The molecule has 0 aromatic rings. The molecule has 0 aliphatic rings. The van der Waals surface area contributed by atoms with Crippen molar-refractivity contribution in [1.82, 2.24) is 0 Å². The molecule has 0 aromatic carbocycles. The molecule has 0 aliphatic carbocycles. The van der Waals surface area contributed by atoms with Crippen LogP contribution in [0.3, 0.4) is 0 Å². The van der Waals surface area contributed by atoms with Crippen LogP contribution in [0.5, 0.6) is 0 Å². The molecule has 0 saturated heterocycles. The van der Waals surface area contributed by atoms with E-state index < -0.39 is 0 Å². The highest BCUT2D eigenvalue weighted by molar-refractivity contribution is 5.85. The van der Waals surface area contributed by atoms with E-state index in [4.69, 9.17) is 10.1 Å². The van der Waals surface area contributed by atoms with E-state index in [9.17, 15) is 0 Å². The van der Waals surface area contributed by atoms with E-state index in [0.717, 1.165) is 12.8 Å². The molecule has 0 heterocycles. The molecule has 0 atom stereocenters. The maximum atomic E-state index is 7.20. The SMILES string of the molecule is CCCCCCCC(=N)OC.Cl. The van der Waals surface area contributed by atoms with E-state index >= 15 is 0 Å². The monoisotopic (exact) mass is 193 g/mol. The lowest BCUT2D eigenvalue weighted by Gasteiger charge is -2.00. The van der Waals surface area contributed by atoms with Crippen LogP contribution >= 0.6 is 12.4 Å². The zero-order valence-electron chi connectivity index (χ0n) is 8.06. The van der Waals surface area contributed by atoms with Crippen LogP contribution in [-0.2, 0) is 4.74 Å². The fraction of sp³-hybridized carbons (Fsp3) is 0.889. The van der Waals surface area contributed by atoms with Gasteiger partial charge in [0.1, 0.15) is 0 Å². The van der Waals surface area contributed by atoms with Gasteiger partial charge >= 0.3 is 0 Å². The molecule has 2 nitrogen and oxygen atoms in total. The Morgan fingerprint density at radius 1 is 1.17 bits per heavy atom. The number of methoxy groups -OCH3 is 1. The van der Waals surface area contributed by atoms with Crippen LogP contribution in [0.1, 0.15) is 45.4 Å². The molecule has 3 heteroatoms. The smallest absolute Gasteiger partial charge is 0.180 e. The van der Waals surface area contributed by atoms with Crippen LogP contribution in [0, 0.1) is 5.41 Å². The number of hydrogen-bond acceptors (Lipinski definition) is 2. The summed E-state index contributed by atoms with van der Waals surface area (Å²) in [5.41, 5.74) is 0. The minimum absolute atomic E-state index is 0. The van der Waals surface area contributed by atoms with Gasteiger partial charge in [-0.3, -0.25) is 5.41 Å². The zero-order valence-corrected chi connectivity index (χ0v) is 8.88. The maximum absolute atomic E-state index is 7.20. The van der Waals surface area contributed by atoms with Crippen molar-refractivity contribution in [3.8, 4) is 0 Å². The standard InChI is InChI=1S/C9H19NO.ClH/c1-3-4-5-6-7-8-9(10)11-2;/h10H,3-8H2,1-2H3;1H. The van der Waals surface area contributed by atoms with Crippen molar-refractivity contribution in [2.45, 2.75) is 45.4 Å². The van der Waals surface area contributed by atoms with Gasteiger partial charge in [0.05, 0.1) is 7.11 Å². The minimum Gasteiger partial charge on any atom is -0.484 e. The Morgan fingerprint density at radius 2 is 1.75 bits per heavy atom. The fourth-order valence-electron chi connectivity index (χ4n) is 0.991. The summed E-state index contributed by atoms with van der Waals surface area (Å²) >= 11 is 0. The third-order valence-corrected chi connectivity index (χ3v) is 1.75. The Morgan fingerprint density at radius 3 is 2.25 bits per heavy atom. The van der Waals surface area contributed by atoms with Crippen LogP contribution < -0.4 is 0 Å². The maximum Gasteiger partial charge on any atom is 0.180 e. The van der Waals surface area contributed by atoms with Crippen molar-refractivity contribution in [1.29, 1.82) is 5.41 Å². The molecule has 0 bridgehead atoms.